The number of aromatic nitrogens is 1. The van der Waals surface area contributed by atoms with Gasteiger partial charge in [-0.05, 0) is 31.7 Å². The maximum absolute atomic E-state index is 11.1. The molecule has 0 aromatic carbocycles. The van der Waals surface area contributed by atoms with E-state index in [-0.39, 0.29) is 5.78 Å². The molecule has 3 nitrogen and oxygen atoms in total. The van der Waals surface area contributed by atoms with Crippen LogP contribution in [0.25, 0.3) is 0 Å². The van der Waals surface area contributed by atoms with Gasteiger partial charge >= 0.3 is 0 Å². The Labute approximate surface area is 89.5 Å². The number of carbonyl (C=O) groups is 1. The van der Waals surface area contributed by atoms with Gasteiger partial charge in [-0.3, -0.25) is 4.79 Å². The summed E-state index contributed by atoms with van der Waals surface area (Å²) in [7, 11) is 0. The van der Waals surface area contributed by atoms with Crippen LogP contribution < -0.4 is 4.74 Å². The molecular formula is C12H15NO2. The monoisotopic (exact) mass is 205 g/mol. The normalized spacial score (nSPS) is 15.1. The molecule has 0 aliphatic heterocycles. The molecule has 2 rings (SSSR count). The Morgan fingerprint density at radius 3 is 2.87 bits per heavy atom. The standard InChI is InChI=1S/C12H15NO2/c1-8-3-6-11(9(2)14)13-12(8)15-7-10-4-5-10/h3,6,10H,4-5,7H2,1-2H3. The molecule has 0 bridgehead atoms. The van der Waals surface area contributed by atoms with Gasteiger partial charge in [-0.1, -0.05) is 6.07 Å². The molecular weight excluding hydrogens is 190 g/mol. The van der Waals surface area contributed by atoms with Crippen molar-refractivity contribution in [3.05, 3.63) is 23.4 Å². The highest BCUT2D eigenvalue weighted by Gasteiger charge is 2.22. The predicted octanol–water partition coefficient (Wildman–Crippen LogP) is 2.38. The molecule has 0 unspecified atom stereocenters. The van der Waals surface area contributed by atoms with Gasteiger partial charge < -0.3 is 4.74 Å². The van der Waals surface area contributed by atoms with Crippen molar-refractivity contribution in [3.63, 3.8) is 0 Å². The third-order valence-electron chi connectivity index (χ3n) is 2.56. The highest BCUT2D eigenvalue weighted by molar-refractivity contribution is 5.92. The van der Waals surface area contributed by atoms with Crippen LogP contribution in [0.3, 0.4) is 0 Å². The van der Waals surface area contributed by atoms with E-state index in [1.165, 1.54) is 19.8 Å². The fraction of sp³-hybridized carbons (Fsp3) is 0.500. The Morgan fingerprint density at radius 2 is 2.27 bits per heavy atom. The quantitative estimate of drug-likeness (QED) is 0.708. The van der Waals surface area contributed by atoms with Crippen LogP contribution in [0.5, 0.6) is 5.88 Å². The Kier molecular flexibility index (Phi) is 2.71. The maximum Gasteiger partial charge on any atom is 0.216 e. The number of rotatable bonds is 4. The van der Waals surface area contributed by atoms with Crippen molar-refractivity contribution in [1.29, 1.82) is 0 Å². The van der Waals surface area contributed by atoms with Crippen molar-refractivity contribution in [2.75, 3.05) is 6.61 Å². The summed E-state index contributed by atoms with van der Waals surface area (Å²) in [5, 5.41) is 0. The molecule has 1 aliphatic carbocycles. The molecule has 0 atom stereocenters. The van der Waals surface area contributed by atoms with Crippen molar-refractivity contribution in [2.24, 2.45) is 5.92 Å². The van der Waals surface area contributed by atoms with Gasteiger partial charge in [0.2, 0.25) is 5.88 Å². The third kappa shape index (κ3) is 2.55. The first-order valence-electron chi connectivity index (χ1n) is 5.28. The van der Waals surface area contributed by atoms with Crippen molar-refractivity contribution >= 4 is 5.78 Å². The number of hydrogen-bond acceptors (Lipinski definition) is 3. The van der Waals surface area contributed by atoms with E-state index in [0.717, 1.165) is 12.2 Å². The minimum Gasteiger partial charge on any atom is -0.477 e. The Bertz CT molecular complexity index is 383. The van der Waals surface area contributed by atoms with Crippen molar-refractivity contribution in [2.45, 2.75) is 26.7 Å². The summed E-state index contributed by atoms with van der Waals surface area (Å²) in [5.41, 5.74) is 1.46. The number of carbonyl (C=O) groups excluding carboxylic acids is 1. The van der Waals surface area contributed by atoms with E-state index in [4.69, 9.17) is 4.74 Å². The lowest BCUT2D eigenvalue weighted by Gasteiger charge is -2.07. The first kappa shape index (κ1) is 10.1. The summed E-state index contributed by atoms with van der Waals surface area (Å²) >= 11 is 0. The highest BCUT2D eigenvalue weighted by Crippen LogP contribution is 2.29. The molecule has 0 spiro atoms. The van der Waals surface area contributed by atoms with E-state index in [0.29, 0.717) is 17.5 Å². The summed E-state index contributed by atoms with van der Waals surface area (Å²) in [6, 6.07) is 3.62. The van der Waals surface area contributed by atoms with E-state index in [1.54, 1.807) is 6.07 Å². The molecule has 0 N–H and O–H groups in total. The second-order valence-corrected chi connectivity index (χ2v) is 4.13. The zero-order valence-electron chi connectivity index (χ0n) is 9.12. The summed E-state index contributed by atoms with van der Waals surface area (Å²) in [6.07, 6.45) is 2.51. The van der Waals surface area contributed by atoms with E-state index >= 15 is 0 Å². The van der Waals surface area contributed by atoms with E-state index < -0.39 is 0 Å². The number of ketones is 1. The van der Waals surface area contributed by atoms with Gasteiger partial charge in [0.15, 0.2) is 5.78 Å². The van der Waals surface area contributed by atoms with Gasteiger partial charge in [0.05, 0.1) is 6.61 Å². The molecule has 15 heavy (non-hydrogen) atoms. The SMILES string of the molecule is CC(=O)c1ccc(C)c(OCC2CC2)n1. The van der Waals surface area contributed by atoms with Crippen LogP contribution >= 0.6 is 0 Å². The molecule has 0 saturated heterocycles. The fourth-order valence-electron chi connectivity index (χ4n) is 1.33. The number of aryl methyl sites for hydroxylation is 1. The minimum atomic E-state index is -0.0220. The Hall–Kier alpha value is -1.38. The number of Topliss-reactive ketones (excluding diaryl/α,β-unsaturated/α-hetero) is 1. The molecule has 0 amide bonds. The topological polar surface area (TPSA) is 39.2 Å². The molecule has 1 fully saturated rings. The van der Waals surface area contributed by atoms with Crippen LogP contribution in [0.2, 0.25) is 0 Å². The lowest BCUT2D eigenvalue weighted by molar-refractivity contribution is 0.101. The van der Waals surface area contributed by atoms with Crippen LogP contribution in [0.15, 0.2) is 12.1 Å². The van der Waals surface area contributed by atoms with Gasteiger partial charge in [0.25, 0.3) is 0 Å². The number of ether oxygens (including phenoxy) is 1. The van der Waals surface area contributed by atoms with E-state index in [2.05, 4.69) is 4.98 Å². The van der Waals surface area contributed by atoms with Crippen LogP contribution in [-0.2, 0) is 0 Å². The summed E-state index contributed by atoms with van der Waals surface area (Å²) in [6.45, 7) is 4.19. The van der Waals surface area contributed by atoms with Crippen molar-refractivity contribution < 1.29 is 9.53 Å². The zero-order valence-corrected chi connectivity index (χ0v) is 9.12. The maximum atomic E-state index is 11.1. The third-order valence-corrected chi connectivity index (χ3v) is 2.56. The zero-order chi connectivity index (χ0) is 10.8. The smallest absolute Gasteiger partial charge is 0.216 e. The van der Waals surface area contributed by atoms with Crippen molar-refractivity contribution in [3.8, 4) is 5.88 Å². The lowest BCUT2D eigenvalue weighted by atomic mass is 10.2. The van der Waals surface area contributed by atoms with Crippen LogP contribution in [0.4, 0.5) is 0 Å². The number of hydrogen-bond donors (Lipinski definition) is 0. The predicted molar refractivity (Wildman–Crippen MR) is 57.2 cm³/mol. The Balaban J connectivity index is 2.12. The van der Waals surface area contributed by atoms with Gasteiger partial charge in [-0.2, -0.15) is 0 Å². The van der Waals surface area contributed by atoms with Gasteiger partial charge in [0.1, 0.15) is 5.69 Å². The minimum absolute atomic E-state index is 0.0220. The second-order valence-electron chi connectivity index (χ2n) is 4.13. The van der Waals surface area contributed by atoms with Crippen molar-refractivity contribution in [1.82, 2.24) is 4.98 Å². The number of nitrogens with zero attached hydrogens (tertiary/aromatic N) is 1. The molecule has 1 aromatic heterocycles. The molecule has 1 aliphatic rings. The molecule has 80 valence electrons. The molecule has 0 radical (unpaired) electrons. The Morgan fingerprint density at radius 1 is 1.53 bits per heavy atom. The van der Waals surface area contributed by atoms with Crippen LogP contribution in [0, 0.1) is 12.8 Å². The van der Waals surface area contributed by atoms with Crippen LogP contribution in [-0.4, -0.2) is 17.4 Å². The molecule has 3 heteroatoms. The summed E-state index contributed by atoms with van der Waals surface area (Å²) in [4.78, 5) is 15.3. The largest absolute Gasteiger partial charge is 0.477 e. The molecule has 1 saturated carbocycles. The second kappa shape index (κ2) is 4.01. The van der Waals surface area contributed by atoms with E-state index in [9.17, 15) is 4.79 Å². The first-order valence-corrected chi connectivity index (χ1v) is 5.28. The molecule has 1 heterocycles. The van der Waals surface area contributed by atoms with Gasteiger partial charge in [0, 0.05) is 12.5 Å². The first-order chi connectivity index (χ1) is 7.16. The van der Waals surface area contributed by atoms with Gasteiger partial charge in [-0.25, -0.2) is 4.98 Å². The fourth-order valence-corrected chi connectivity index (χ4v) is 1.33. The number of pyridine rings is 1. The van der Waals surface area contributed by atoms with Crippen LogP contribution in [0.1, 0.15) is 35.8 Å². The highest BCUT2D eigenvalue weighted by atomic mass is 16.5. The van der Waals surface area contributed by atoms with E-state index in [1.807, 2.05) is 13.0 Å². The van der Waals surface area contributed by atoms with Gasteiger partial charge in [-0.15, -0.1) is 0 Å². The molecule has 1 aromatic rings. The summed E-state index contributed by atoms with van der Waals surface area (Å²) < 4.78 is 5.59. The summed E-state index contributed by atoms with van der Waals surface area (Å²) in [5.74, 6) is 1.29. The lowest BCUT2D eigenvalue weighted by Crippen LogP contribution is -2.05. The average Bonchev–Trinajstić information content (AvgIpc) is 3.00. The average molecular weight is 205 g/mol.